The fourth-order valence-corrected chi connectivity index (χ4v) is 1.80. The standard InChI is InChI=1S/C14H12F3NO/c1-8(11-4-2-10(16)7-14(11)19)18-13-5-3-9(15)6-12(13)17/h2-8,18-19H,1H3. The minimum Gasteiger partial charge on any atom is -0.507 e. The summed E-state index contributed by atoms with van der Waals surface area (Å²) in [4.78, 5) is 0. The second kappa shape index (κ2) is 5.22. The van der Waals surface area contributed by atoms with Gasteiger partial charge in [-0.3, -0.25) is 0 Å². The molecular formula is C14H12F3NO. The van der Waals surface area contributed by atoms with Gasteiger partial charge in [-0.2, -0.15) is 0 Å². The summed E-state index contributed by atoms with van der Waals surface area (Å²) >= 11 is 0. The van der Waals surface area contributed by atoms with Crippen LogP contribution < -0.4 is 5.32 Å². The zero-order chi connectivity index (χ0) is 14.0. The number of halogens is 3. The third-order valence-corrected chi connectivity index (χ3v) is 2.76. The first-order valence-electron chi connectivity index (χ1n) is 5.67. The molecule has 1 atom stereocenters. The van der Waals surface area contributed by atoms with E-state index in [4.69, 9.17) is 0 Å². The molecule has 19 heavy (non-hydrogen) atoms. The van der Waals surface area contributed by atoms with Crippen molar-refractivity contribution in [3.05, 3.63) is 59.4 Å². The Morgan fingerprint density at radius 3 is 2.26 bits per heavy atom. The van der Waals surface area contributed by atoms with Gasteiger partial charge in [0.05, 0.1) is 11.7 Å². The van der Waals surface area contributed by atoms with Crippen molar-refractivity contribution >= 4 is 5.69 Å². The topological polar surface area (TPSA) is 32.3 Å². The molecule has 0 amide bonds. The molecule has 2 N–H and O–H groups in total. The van der Waals surface area contributed by atoms with Crippen LogP contribution in [-0.2, 0) is 0 Å². The Morgan fingerprint density at radius 2 is 1.63 bits per heavy atom. The van der Waals surface area contributed by atoms with Crippen LogP contribution in [0.2, 0.25) is 0 Å². The third-order valence-electron chi connectivity index (χ3n) is 2.76. The molecule has 0 aliphatic rings. The number of hydrogen-bond acceptors (Lipinski definition) is 2. The van der Waals surface area contributed by atoms with Crippen LogP contribution in [0.5, 0.6) is 5.75 Å². The average Bonchev–Trinajstić information content (AvgIpc) is 2.32. The number of benzene rings is 2. The van der Waals surface area contributed by atoms with E-state index in [1.807, 2.05) is 0 Å². The monoisotopic (exact) mass is 267 g/mol. The second-order valence-corrected chi connectivity index (χ2v) is 4.19. The summed E-state index contributed by atoms with van der Waals surface area (Å²) in [5.41, 5.74) is 0.530. The van der Waals surface area contributed by atoms with Gasteiger partial charge in [0, 0.05) is 17.7 Å². The maximum atomic E-state index is 13.5. The Labute approximate surface area is 108 Å². The molecule has 2 aromatic carbocycles. The third kappa shape index (κ3) is 2.99. The molecule has 0 saturated carbocycles. The number of aromatic hydroxyl groups is 1. The van der Waals surface area contributed by atoms with Gasteiger partial charge in [-0.05, 0) is 25.1 Å². The quantitative estimate of drug-likeness (QED) is 0.881. The first kappa shape index (κ1) is 13.3. The maximum absolute atomic E-state index is 13.5. The molecule has 2 nitrogen and oxygen atoms in total. The van der Waals surface area contributed by atoms with Crippen LogP contribution in [-0.4, -0.2) is 5.11 Å². The molecule has 1 unspecified atom stereocenters. The molecule has 5 heteroatoms. The molecule has 2 aromatic rings. The summed E-state index contributed by atoms with van der Waals surface area (Å²) < 4.78 is 39.1. The molecule has 0 aromatic heterocycles. The Morgan fingerprint density at radius 1 is 1.00 bits per heavy atom. The minimum atomic E-state index is -0.728. The largest absolute Gasteiger partial charge is 0.507 e. The van der Waals surface area contributed by atoms with E-state index in [2.05, 4.69) is 5.32 Å². The number of hydrogen-bond donors (Lipinski definition) is 2. The van der Waals surface area contributed by atoms with Crippen molar-refractivity contribution in [1.29, 1.82) is 0 Å². The van der Waals surface area contributed by atoms with Crippen molar-refractivity contribution < 1.29 is 18.3 Å². The minimum absolute atomic E-state index is 0.109. The lowest BCUT2D eigenvalue weighted by molar-refractivity contribution is 0.459. The molecule has 0 spiro atoms. The molecule has 2 rings (SSSR count). The highest BCUT2D eigenvalue weighted by molar-refractivity contribution is 5.48. The Bertz CT molecular complexity index is 601. The zero-order valence-corrected chi connectivity index (χ0v) is 10.1. The van der Waals surface area contributed by atoms with Crippen molar-refractivity contribution in [3.8, 4) is 5.75 Å². The van der Waals surface area contributed by atoms with Gasteiger partial charge in [0.25, 0.3) is 0 Å². The number of anilines is 1. The van der Waals surface area contributed by atoms with Gasteiger partial charge in [0.1, 0.15) is 23.2 Å². The maximum Gasteiger partial charge on any atom is 0.149 e. The molecule has 0 fully saturated rings. The van der Waals surface area contributed by atoms with Crippen molar-refractivity contribution in [1.82, 2.24) is 0 Å². The first-order chi connectivity index (χ1) is 8.97. The highest BCUT2D eigenvalue weighted by atomic mass is 19.1. The number of nitrogens with one attached hydrogen (secondary N) is 1. The fourth-order valence-electron chi connectivity index (χ4n) is 1.80. The fraction of sp³-hybridized carbons (Fsp3) is 0.143. The summed E-state index contributed by atoms with van der Waals surface area (Å²) in [6, 6.07) is 6.29. The summed E-state index contributed by atoms with van der Waals surface area (Å²) in [5.74, 6) is -2.17. The molecule has 0 radical (unpaired) electrons. The number of rotatable bonds is 3. The van der Waals surface area contributed by atoms with Gasteiger partial charge in [-0.25, -0.2) is 13.2 Å². The van der Waals surface area contributed by atoms with Gasteiger partial charge in [-0.15, -0.1) is 0 Å². The summed E-state index contributed by atoms with van der Waals surface area (Å²) in [6.07, 6.45) is 0. The van der Waals surface area contributed by atoms with E-state index in [1.165, 1.54) is 18.2 Å². The Kier molecular flexibility index (Phi) is 3.64. The highest BCUT2D eigenvalue weighted by Gasteiger charge is 2.13. The summed E-state index contributed by atoms with van der Waals surface area (Å²) in [6.45, 7) is 1.68. The molecule has 100 valence electrons. The predicted molar refractivity (Wildman–Crippen MR) is 66.5 cm³/mol. The SMILES string of the molecule is CC(Nc1ccc(F)cc1F)c1ccc(F)cc1O. The van der Waals surface area contributed by atoms with Crippen LogP contribution in [0.15, 0.2) is 36.4 Å². The molecule has 0 aliphatic carbocycles. The number of phenolic OH excluding ortho intramolecular Hbond substituents is 1. The summed E-state index contributed by atoms with van der Waals surface area (Å²) in [5, 5.41) is 12.4. The predicted octanol–water partition coefficient (Wildman–Crippen LogP) is 3.98. The lowest BCUT2D eigenvalue weighted by Crippen LogP contribution is -2.08. The van der Waals surface area contributed by atoms with Crippen molar-refractivity contribution in [2.24, 2.45) is 0 Å². The van der Waals surface area contributed by atoms with E-state index >= 15 is 0 Å². The van der Waals surface area contributed by atoms with Crippen LogP contribution in [0, 0.1) is 17.5 Å². The lowest BCUT2D eigenvalue weighted by Gasteiger charge is -2.17. The van der Waals surface area contributed by atoms with Gasteiger partial charge in [0.15, 0.2) is 0 Å². The normalized spacial score (nSPS) is 12.2. The summed E-state index contributed by atoms with van der Waals surface area (Å²) in [7, 11) is 0. The smallest absolute Gasteiger partial charge is 0.149 e. The van der Waals surface area contributed by atoms with Crippen molar-refractivity contribution in [2.75, 3.05) is 5.32 Å². The molecule has 0 bridgehead atoms. The van der Waals surface area contributed by atoms with Gasteiger partial charge < -0.3 is 10.4 Å². The Balaban J connectivity index is 2.23. The van der Waals surface area contributed by atoms with Crippen molar-refractivity contribution in [3.63, 3.8) is 0 Å². The van der Waals surface area contributed by atoms with Crippen molar-refractivity contribution in [2.45, 2.75) is 13.0 Å². The number of phenols is 1. The lowest BCUT2D eigenvalue weighted by atomic mass is 10.1. The highest BCUT2D eigenvalue weighted by Crippen LogP contribution is 2.28. The van der Waals surface area contributed by atoms with Gasteiger partial charge in [0.2, 0.25) is 0 Å². The van der Waals surface area contributed by atoms with Crippen LogP contribution in [0.3, 0.4) is 0 Å². The Hall–Kier alpha value is -2.17. The van der Waals surface area contributed by atoms with Crippen LogP contribution in [0.4, 0.5) is 18.9 Å². The van der Waals surface area contributed by atoms with Gasteiger partial charge in [-0.1, -0.05) is 6.07 Å². The van der Waals surface area contributed by atoms with E-state index in [9.17, 15) is 18.3 Å². The van der Waals surface area contributed by atoms with Crippen LogP contribution >= 0.6 is 0 Å². The van der Waals surface area contributed by atoms with E-state index in [0.29, 0.717) is 5.56 Å². The van der Waals surface area contributed by atoms with E-state index in [0.717, 1.165) is 18.2 Å². The van der Waals surface area contributed by atoms with Gasteiger partial charge >= 0.3 is 0 Å². The second-order valence-electron chi connectivity index (χ2n) is 4.19. The molecule has 0 saturated heterocycles. The first-order valence-corrected chi connectivity index (χ1v) is 5.67. The molecule has 0 heterocycles. The van der Waals surface area contributed by atoms with Crippen LogP contribution in [0.25, 0.3) is 0 Å². The molecular weight excluding hydrogens is 255 g/mol. The van der Waals surface area contributed by atoms with E-state index in [-0.39, 0.29) is 11.4 Å². The van der Waals surface area contributed by atoms with E-state index in [1.54, 1.807) is 6.92 Å². The zero-order valence-electron chi connectivity index (χ0n) is 10.1. The average molecular weight is 267 g/mol. The molecule has 0 aliphatic heterocycles. The van der Waals surface area contributed by atoms with Crippen LogP contribution in [0.1, 0.15) is 18.5 Å². The van der Waals surface area contributed by atoms with E-state index < -0.39 is 23.5 Å².